The minimum absolute atomic E-state index is 0.196. The highest BCUT2D eigenvalue weighted by atomic mass is 32.2. The van der Waals surface area contributed by atoms with Crippen molar-refractivity contribution in [2.45, 2.75) is 68.0 Å². The van der Waals surface area contributed by atoms with Crippen LogP contribution in [0.3, 0.4) is 0 Å². The molecule has 2 aliphatic carbocycles. The lowest BCUT2D eigenvalue weighted by Gasteiger charge is -2.34. The van der Waals surface area contributed by atoms with E-state index in [4.69, 9.17) is 13.8 Å². The van der Waals surface area contributed by atoms with Crippen LogP contribution in [0.1, 0.15) is 58.7 Å². The van der Waals surface area contributed by atoms with Gasteiger partial charge in [0.1, 0.15) is 22.6 Å². The number of methoxy groups -OCH3 is 1. The molecule has 1 unspecified atom stereocenters. The van der Waals surface area contributed by atoms with Gasteiger partial charge in [0.05, 0.1) is 12.7 Å². The molecule has 10 heteroatoms. The second-order valence-electron chi connectivity index (χ2n) is 13.6. The van der Waals surface area contributed by atoms with Gasteiger partial charge in [0, 0.05) is 12.8 Å². The maximum absolute atomic E-state index is 16.1. The van der Waals surface area contributed by atoms with Crippen LogP contribution in [-0.2, 0) is 52.4 Å². The van der Waals surface area contributed by atoms with E-state index < -0.39 is 27.1 Å². The van der Waals surface area contributed by atoms with Crippen molar-refractivity contribution < 1.29 is 18.5 Å². The molecule has 50 heavy (non-hydrogen) atoms. The summed E-state index contributed by atoms with van der Waals surface area (Å²) in [5.41, 5.74) is 6.26. The highest BCUT2D eigenvalue weighted by molar-refractivity contribution is 7.92. The van der Waals surface area contributed by atoms with Crippen LogP contribution >= 0.6 is 0 Å². The van der Waals surface area contributed by atoms with Crippen LogP contribution in [0.5, 0.6) is 5.88 Å². The first-order valence-corrected chi connectivity index (χ1v) is 18.8. The number of nitrogens with one attached hydrogen (secondary N) is 2. The van der Waals surface area contributed by atoms with Gasteiger partial charge in [-0.3, -0.25) is 0 Å². The van der Waals surface area contributed by atoms with Crippen molar-refractivity contribution in [3.05, 3.63) is 142 Å². The van der Waals surface area contributed by atoms with Gasteiger partial charge in [0.15, 0.2) is 9.92 Å². The van der Waals surface area contributed by atoms with Gasteiger partial charge in [-0.2, -0.15) is 9.46 Å². The third-order valence-corrected chi connectivity index (χ3v) is 12.2. The summed E-state index contributed by atoms with van der Waals surface area (Å²) in [5.74, 6) is 0.290. The Morgan fingerprint density at radius 2 is 1.42 bits per heavy atom. The number of fused-ring (bicyclic) bond motifs is 3. The van der Waals surface area contributed by atoms with Gasteiger partial charge in [-0.1, -0.05) is 97.1 Å². The first-order valence-electron chi connectivity index (χ1n) is 17.3. The number of anilines is 1. The van der Waals surface area contributed by atoms with Crippen molar-refractivity contribution >= 4 is 21.6 Å². The van der Waals surface area contributed by atoms with Crippen LogP contribution in [0, 0.1) is 0 Å². The first kappa shape index (κ1) is 32.3. The van der Waals surface area contributed by atoms with Crippen LogP contribution in [0.15, 0.2) is 113 Å². The quantitative estimate of drug-likeness (QED) is 0.168. The molecule has 2 heterocycles. The van der Waals surface area contributed by atoms with Crippen LogP contribution in [0.4, 0.5) is 10.5 Å². The zero-order valence-electron chi connectivity index (χ0n) is 28.4. The molecule has 0 fully saturated rings. The standard InChI is InChI=1S/C40H41N5O4S/c1-39(48-2)26-45-37(49-27-39)35(25-41-45)50(47,43-38(46)42-36-33-22-12-14-28(33)24-29-15-13-23-34(29)36)44-40(30-16-6-3-7-17-30,31-18-8-4-9-19-31)32-20-10-5-11-21-32/h3-11,16-21,24-25H,12-15,22-23,26-27H2,1-2H3,(H2,42,43,44,46,47)/t39-,50?/m1/s1. The van der Waals surface area contributed by atoms with E-state index in [1.54, 1.807) is 11.8 Å². The van der Waals surface area contributed by atoms with Crippen LogP contribution in [0.2, 0.25) is 0 Å². The molecule has 2 atom stereocenters. The molecule has 9 nitrogen and oxygen atoms in total. The van der Waals surface area contributed by atoms with E-state index in [0.29, 0.717) is 6.54 Å². The summed E-state index contributed by atoms with van der Waals surface area (Å²) in [6, 6.07) is 31.1. The third-order valence-electron chi connectivity index (χ3n) is 10.3. The molecule has 2 amide bonds. The monoisotopic (exact) mass is 687 g/mol. The van der Waals surface area contributed by atoms with Crippen molar-refractivity contribution in [2.24, 2.45) is 4.36 Å². The predicted molar refractivity (Wildman–Crippen MR) is 194 cm³/mol. The Labute approximate surface area is 293 Å². The van der Waals surface area contributed by atoms with Crippen molar-refractivity contribution in [3.63, 3.8) is 0 Å². The average Bonchev–Trinajstić information content (AvgIpc) is 3.92. The fourth-order valence-corrected chi connectivity index (χ4v) is 9.61. The van der Waals surface area contributed by atoms with E-state index >= 15 is 4.21 Å². The number of carbonyl (C=O) groups excluding carboxylic acids is 1. The third kappa shape index (κ3) is 5.56. The SMILES string of the molecule is CO[C@@]1(C)COc2c(S(=O)(=NC(c3ccccc3)(c3ccccc3)c3ccccc3)NC(=O)Nc3c4c(cc5c3CCC5)CCC4)cnn2C1. The van der Waals surface area contributed by atoms with Crippen molar-refractivity contribution in [1.29, 1.82) is 0 Å². The molecular formula is C40H41N5O4S. The highest BCUT2D eigenvalue weighted by Gasteiger charge is 2.42. The van der Waals surface area contributed by atoms with Gasteiger partial charge in [-0.15, -0.1) is 0 Å². The summed E-state index contributed by atoms with van der Waals surface area (Å²) in [4.78, 5) is 14.6. The molecular weight excluding hydrogens is 647 g/mol. The average molecular weight is 688 g/mol. The van der Waals surface area contributed by atoms with Gasteiger partial charge < -0.3 is 14.8 Å². The zero-order chi connectivity index (χ0) is 34.3. The Bertz CT molecular complexity index is 2050. The molecule has 1 aromatic heterocycles. The number of benzene rings is 4. The van der Waals surface area contributed by atoms with Gasteiger partial charge in [-0.25, -0.2) is 18.4 Å². The molecule has 5 aromatic rings. The molecule has 0 spiro atoms. The molecule has 0 saturated heterocycles. The number of urea groups is 1. The summed E-state index contributed by atoms with van der Waals surface area (Å²) in [5, 5.41) is 7.79. The Hall–Kier alpha value is -4.93. The minimum Gasteiger partial charge on any atom is -0.474 e. The Kier molecular flexibility index (Phi) is 8.23. The van der Waals surface area contributed by atoms with Gasteiger partial charge in [0.2, 0.25) is 5.88 Å². The molecule has 3 aliphatic rings. The summed E-state index contributed by atoms with van der Waals surface area (Å²) < 4.78 is 38.0. The fourth-order valence-electron chi connectivity index (χ4n) is 7.76. The predicted octanol–water partition coefficient (Wildman–Crippen LogP) is 7.21. The van der Waals surface area contributed by atoms with Gasteiger partial charge >= 0.3 is 6.03 Å². The van der Waals surface area contributed by atoms with E-state index in [-0.39, 0.29) is 17.4 Å². The van der Waals surface area contributed by atoms with Crippen molar-refractivity contribution in [1.82, 2.24) is 14.5 Å². The second-order valence-corrected chi connectivity index (χ2v) is 15.5. The first-order chi connectivity index (χ1) is 24.3. The largest absolute Gasteiger partial charge is 0.474 e. The topological polar surface area (TPSA) is 107 Å². The Morgan fingerprint density at radius 3 is 1.94 bits per heavy atom. The van der Waals surface area contributed by atoms with Crippen LogP contribution in [-0.4, -0.2) is 39.3 Å². The second kappa shape index (κ2) is 12.8. The lowest BCUT2D eigenvalue weighted by Crippen LogP contribution is -2.44. The lowest BCUT2D eigenvalue weighted by molar-refractivity contribution is -0.0654. The zero-order valence-corrected chi connectivity index (χ0v) is 29.2. The summed E-state index contributed by atoms with van der Waals surface area (Å²) in [6.45, 7) is 2.53. The van der Waals surface area contributed by atoms with E-state index in [1.807, 2.05) is 97.9 Å². The number of aryl methyl sites for hydroxylation is 2. The number of rotatable bonds is 8. The Balaban J connectivity index is 1.34. The summed E-state index contributed by atoms with van der Waals surface area (Å²) >= 11 is 0. The summed E-state index contributed by atoms with van der Waals surface area (Å²) in [7, 11) is -2.21. The normalized spacial score (nSPS) is 19.0. The Morgan fingerprint density at radius 1 is 0.880 bits per heavy atom. The minimum atomic E-state index is -3.85. The van der Waals surface area contributed by atoms with E-state index in [9.17, 15) is 4.79 Å². The van der Waals surface area contributed by atoms with Crippen LogP contribution < -0.4 is 14.8 Å². The van der Waals surface area contributed by atoms with E-state index in [1.165, 1.54) is 28.5 Å². The molecule has 0 saturated carbocycles. The van der Waals surface area contributed by atoms with Gasteiger partial charge in [0.25, 0.3) is 0 Å². The number of ether oxygens (including phenoxy) is 2. The van der Waals surface area contributed by atoms with Gasteiger partial charge in [-0.05, 0) is 84.4 Å². The number of hydrogen-bond acceptors (Lipinski definition) is 6. The number of nitrogens with zero attached hydrogens (tertiary/aromatic N) is 3. The van der Waals surface area contributed by atoms with Crippen molar-refractivity contribution in [3.8, 4) is 5.88 Å². The maximum Gasteiger partial charge on any atom is 0.331 e. The van der Waals surface area contributed by atoms with Crippen molar-refractivity contribution in [2.75, 3.05) is 19.0 Å². The summed E-state index contributed by atoms with van der Waals surface area (Å²) in [6.07, 6.45) is 7.41. The molecule has 0 radical (unpaired) electrons. The van der Waals surface area contributed by atoms with Crippen LogP contribution in [0.25, 0.3) is 0 Å². The number of aromatic nitrogens is 2. The molecule has 2 N–H and O–H groups in total. The highest BCUT2D eigenvalue weighted by Crippen LogP contribution is 2.44. The maximum atomic E-state index is 16.1. The van der Waals surface area contributed by atoms with E-state index in [2.05, 4.69) is 21.2 Å². The molecule has 4 aromatic carbocycles. The molecule has 1 aliphatic heterocycles. The molecule has 0 bridgehead atoms. The molecule has 256 valence electrons. The smallest absolute Gasteiger partial charge is 0.331 e. The fraction of sp³-hybridized carbons (Fsp3) is 0.300. The lowest BCUT2D eigenvalue weighted by atomic mass is 9.78. The number of amides is 2. The molecule has 8 rings (SSSR count). The number of carbonyl (C=O) groups is 1. The number of hydrogen-bond donors (Lipinski definition) is 2. The van der Waals surface area contributed by atoms with E-state index in [0.717, 1.165) is 60.9 Å².